The lowest BCUT2D eigenvalue weighted by molar-refractivity contribution is 0.0890. The van der Waals surface area contributed by atoms with E-state index in [-0.39, 0.29) is 4.90 Å². The Morgan fingerprint density at radius 1 is 1.22 bits per heavy atom. The Morgan fingerprint density at radius 3 is 2.48 bits per heavy atom. The topological polar surface area (TPSA) is 75.4 Å². The quantitative estimate of drug-likeness (QED) is 0.898. The van der Waals surface area contributed by atoms with Crippen molar-refractivity contribution in [2.24, 2.45) is 7.05 Å². The maximum atomic E-state index is 12.7. The van der Waals surface area contributed by atoms with Crippen molar-refractivity contribution in [3.05, 3.63) is 46.8 Å². The Hall–Kier alpha value is -1.70. The van der Waals surface area contributed by atoms with E-state index in [1.54, 1.807) is 28.9 Å². The zero-order chi connectivity index (χ0) is 16.9. The molecule has 1 aliphatic rings. The number of rotatable bonds is 2. The van der Waals surface area contributed by atoms with Crippen molar-refractivity contribution >= 4 is 10.0 Å². The number of aliphatic hydroxyl groups excluding tert-OH is 1. The maximum absolute atomic E-state index is 12.7. The highest BCUT2D eigenvalue weighted by Crippen LogP contribution is 2.37. The van der Waals surface area contributed by atoms with Crippen LogP contribution in [0.15, 0.2) is 29.2 Å². The van der Waals surface area contributed by atoms with Gasteiger partial charge in [0.25, 0.3) is 0 Å². The molecule has 0 saturated heterocycles. The first kappa shape index (κ1) is 16.2. The van der Waals surface area contributed by atoms with E-state index in [1.165, 1.54) is 11.4 Å². The van der Waals surface area contributed by atoms with Gasteiger partial charge in [-0.3, -0.25) is 4.68 Å². The van der Waals surface area contributed by atoms with Crippen LogP contribution in [0.1, 0.15) is 28.6 Å². The summed E-state index contributed by atoms with van der Waals surface area (Å²) in [6.45, 7) is 3.85. The van der Waals surface area contributed by atoms with Crippen LogP contribution in [0.2, 0.25) is 0 Å². The van der Waals surface area contributed by atoms with Gasteiger partial charge in [0, 0.05) is 25.4 Å². The first-order chi connectivity index (χ1) is 10.7. The van der Waals surface area contributed by atoms with E-state index in [1.807, 2.05) is 20.9 Å². The fourth-order valence-corrected chi connectivity index (χ4v) is 4.86. The van der Waals surface area contributed by atoms with Gasteiger partial charge in [0.15, 0.2) is 0 Å². The van der Waals surface area contributed by atoms with Crippen LogP contribution in [0.3, 0.4) is 0 Å². The SMILES string of the molecule is Cc1nn(C)c(C)c1C[C@H]1[C@@H](O)c2ccccc2S(=O)(=O)N1C. The predicted molar refractivity (Wildman–Crippen MR) is 86.5 cm³/mol. The summed E-state index contributed by atoms with van der Waals surface area (Å²) in [4.78, 5) is 0.186. The summed E-state index contributed by atoms with van der Waals surface area (Å²) in [6.07, 6.45) is -0.435. The van der Waals surface area contributed by atoms with Crippen LogP contribution >= 0.6 is 0 Å². The number of fused-ring (bicyclic) bond motifs is 1. The van der Waals surface area contributed by atoms with Gasteiger partial charge in [0.2, 0.25) is 10.0 Å². The molecule has 23 heavy (non-hydrogen) atoms. The van der Waals surface area contributed by atoms with Gasteiger partial charge in [0.1, 0.15) is 0 Å². The van der Waals surface area contributed by atoms with E-state index < -0.39 is 22.2 Å². The number of aryl methyl sites for hydroxylation is 2. The lowest BCUT2D eigenvalue weighted by Gasteiger charge is -2.37. The molecule has 7 heteroatoms. The van der Waals surface area contributed by atoms with Gasteiger partial charge in [-0.25, -0.2) is 8.42 Å². The summed E-state index contributed by atoms with van der Waals surface area (Å²) in [6, 6.07) is 6.10. The minimum absolute atomic E-state index is 0.186. The second-order valence-electron chi connectivity index (χ2n) is 6.05. The molecule has 2 aromatic rings. The molecule has 124 valence electrons. The van der Waals surface area contributed by atoms with Gasteiger partial charge in [0.05, 0.1) is 22.7 Å². The smallest absolute Gasteiger partial charge is 0.243 e. The molecule has 0 bridgehead atoms. The average Bonchev–Trinajstić information content (AvgIpc) is 2.75. The predicted octanol–water partition coefficient (Wildman–Crippen LogP) is 1.32. The van der Waals surface area contributed by atoms with Crippen LogP contribution in [0.5, 0.6) is 0 Å². The molecule has 1 aromatic heterocycles. The number of likely N-dealkylation sites (N-methyl/N-ethyl adjacent to an activating group) is 1. The number of aromatic nitrogens is 2. The fourth-order valence-electron chi connectivity index (χ4n) is 3.26. The van der Waals surface area contributed by atoms with E-state index >= 15 is 0 Å². The molecule has 0 unspecified atom stereocenters. The summed E-state index contributed by atoms with van der Waals surface area (Å²) in [5.41, 5.74) is 3.30. The summed E-state index contributed by atoms with van der Waals surface area (Å²) in [5, 5.41) is 15.1. The third-order valence-corrected chi connectivity index (χ3v) is 6.75. The molecule has 1 N–H and O–H groups in total. The third kappa shape index (κ3) is 2.39. The van der Waals surface area contributed by atoms with Crippen LogP contribution in [-0.2, 0) is 23.5 Å². The van der Waals surface area contributed by atoms with Gasteiger partial charge in [-0.05, 0) is 31.9 Å². The van der Waals surface area contributed by atoms with Crippen LogP contribution in [0.25, 0.3) is 0 Å². The summed E-state index contributed by atoms with van der Waals surface area (Å²) in [5.74, 6) is 0. The van der Waals surface area contributed by atoms with Gasteiger partial charge >= 0.3 is 0 Å². The molecular formula is C16H21N3O3S. The van der Waals surface area contributed by atoms with E-state index in [0.29, 0.717) is 12.0 Å². The van der Waals surface area contributed by atoms with Crippen molar-refractivity contribution in [2.45, 2.75) is 37.3 Å². The van der Waals surface area contributed by atoms with Crippen LogP contribution in [-0.4, -0.2) is 40.7 Å². The first-order valence-electron chi connectivity index (χ1n) is 7.49. The maximum Gasteiger partial charge on any atom is 0.243 e. The second kappa shape index (κ2) is 5.43. The van der Waals surface area contributed by atoms with E-state index in [4.69, 9.17) is 0 Å². The van der Waals surface area contributed by atoms with E-state index in [9.17, 15) is 13.5 Å². The molecule has 1 aromatic carbocycles. The van der Waals surface area contributed by atoms with E-state index in [0.717, 1.165) is 17.0 Å². The Bertz CT molecular complexity index is 857. The Kier molecular flexibility index (Phi) is 3.82. The molecule has 6 nitrogen and oxygen atoms in total. The second-order valence-corrected chi connectivity index (χ2v) is 8.01. The first-order valence-corrected chi connectivity index (χ1v) is 8.93. The number of benzene rings is 1. The van der Waals surface area contributed by atoms with Crippen molar-refractivity contribution in [1.82, 2.24) is 14.1 Å². The highest BCUT2D eigenvalue weighted by atomic mass is 32.2. The number of nitrogens with zero attached hydrogens (tertiary/aromatic N) is 3. The van der Waals surface area contributed by atoms with Gasteiger partial charge in [-0.15, -0.1) is 0 Å². The normalized spacial score (nSPS) is 23.7. The molecular weight excluding hydrogens is 314 g/mol. The lowest BCUT2D eigenvalue weighted by atomic mass is 9.95. The summed E-state index contributed by atoms with van der Waals surface area (Å²) >= 11 is 0. The molecule has 0 amide bonds. The summed E-state index contributed by atoms with van der Waals surface area (Å²) < 4.78 is 28.5. The van der Waals surface area contributed by atoms with Crippen molar-refractivity contribution in [2.75, 3.05) is 7.05 Å². The van der Waals surface area contributed by atoms with Crippen molar-refractivity contribution in [1.29, 1.82) is 0 Å². The molecule has 2 heterocycles. The average molecular weight is 335 g/mol. The standard InChI is InChI=1S/C16H21N3O3S/c1-10-13(11(2)18(3)17-10)9-14-16(20)12-7-5-6-8-15(12)23(21,22)19(14)4/h5-8,14,16,20H,9H2,1-4H3/t14-,16-/m0/s1. The molecule has 2 atom stereocenters. The number of aliphatic hydroxyl groups is 1. The van der Waals surface area contributed by atoms with Crippen molar-refractivity contribution in [3.8, 4) is 0 Å². The minimum Gasteiger partial charge on any atom is -0.387 e. The van der Waals surface area contributed by atoms with Gasteiger partial charge < -0.3 is 5.11 Å². The van der Waals surface area contributed by atoms with Gasteiger partial charge in [-0.2, -0.15) is 9.40 Å². The number of hydrogen-bond donors (Lipinski definition) is 1. The molecule has 0 radical (unpaired) electrons. The highest BCUT2D eigenvalue weighted by molar-refractivity contribution is 7.89. The molecule has 1 aliphatic heterocycles. The zero-order valence-corrected chi connectivity index (χ0v) is 14.5. The molecule has 0 spiro atoms. The Labute approximate surface area is 136 Å². The van der Waals surface area contributed by atoms with E-state index in [2.05, 4.69) is 5.10 Å². The zero-order valence-electron chi connectivity index (χ0n) is 13.7. The van der Waals surface area contributed by atoms with Crippen LogP contribution in [0, 0.1) is 13.8 Å². The third-order valence-electron chi connectivity index (χ3n) is 4.80. The Balaban J connectivity index is 2.07. The number of sulfonamides is 1. The molecule has 0 fully saturated rings. The van der Waals surface area contributed by atoms with Crippen molar-refractivity contribution < 1.29 is 13.5 Å². The van der Waals surface area contributed by atoms with Gasteiger partial charge in [-0.1, -0.05) is 18.2 Å². The van der Waals surface area contributed by atoms with Crippen molar-refractivity contribution in [3.63, 3.8) is 0 Å². The Morgan fingerprint density at radius 2 is 1.87 bits per heavy atom. The number of hydrogen-bond acceptors (Lipinski definition) is 4. The lowest BCUT2D eigenvalue weighted by Crippen LogP contribution is -2.46. The summed E-state index contributed by atoms with van der Waals surface area (Å²) in [7, 11) is -0.208. The largest absolute Gasteiger partial charge is 0.387 e. The molecule has 0 saturated carbocycles. The monoisotopic (exact) mass is 335 g/mol. The van der Waals surface area contributed by atoms with Crippen LogP contribution in [0.4, 0.5) is 0 Å². The molecule has 0 aliphatic carbocycles. The highest BCUT2D eigenvalue weighted by Gasteiger charge is 2.41. The fraction of sp³-hybridized carbons (Fsp3) is 0.438. The van der Waals surface area contributed by atoms with Crippen LogP contribution < -0.4 is 0 Å². The molecule has 3 rings (SSSR count). The minimum atomic E-state index is -3.60.